The lowest BCUT2D eigenvalue weighted by Gasteiger charge is -2.24. The summed E-state index contributed by atoms with van der Waals surface area (Å²) in [4.78, 5) is 2.15. The van der Waals surface area contributed by atoms with Crippen molar-refractivity contribution in [1.82, 2.24) is 0 Å². The van der Waals surface area contributed by atoms with Gasteiger partial charge >= 0.3 is 0 Å². The van der Waals surface area contributed by atoms with Crippen LogP contribution in [0.25, 0.3) is 0 Å². The Morgan fingerprint density at radius 1 is 1.60 bits per heavy atom. The molecule has 2 N–H and O–H groups in total. The SMILES string of the molecule is CCCN1c2c(C#N)cccc2CC1N. The molecule has 1 heterocycles. The molecule has 15 heavy (non-hydrogen) atoms. The number of fused-ring (bicyclic) bond motifs is 1. The molecule has 0 aromatic heterocycles. The molecular formula is C12H15N3. The van der Waals surface area contributed by atoms with E-state index in [1.54, 1.807) is 0 Å². The highest BCUT2D eigenvalue weighted by molar-refractivity contribution is 5.68. The van der Waals surface area contributed by atoms with E-state index in [1.807, 2.05) is 12.1 Å². The van der Waals surface area contributed by atoms with Gasteiger partial charge in [0.05, 0.1) is 17.4 Å². The van der Waals surface area contributed by atoms with Gasteiger partial charge in [-0.2, -0.15) is 5.26 Å². The molecule has 1 aromatic carbocycles. The van der Waals surface area contributed by atoms with Crippen LogP contribution in [0.15, 0.2) is 18.2 Å². The van der Waals surface area contributed by atoms with Crippen LogP contribution in [0.3, 0.4) is 0 Å². The largest absolute Gasteiger partial charge is 0.355 e. The van der Waals surface area contributed by atoms with Gasteiger partial charge in [-0.25, -0.2) is 0 Å². The fourth-order valence-corrected chi connectivity index (χ4v) is 2.21. The van der Waals surface area contributed by atoms with Crippen LogP contribution in [0.1, 0.15) is 24.5 Å². The maximum absolute atomic E-state index is 9.06. The number of nitriles is 1. The molecule has 0 radical (unpaired) electrons. The van der Waals surface area contributed by atoms with E-state index in [4.69, 9.17) is 11.0 Å². The Bertz CT molecular complexity index is 406. The van der Waals surface area contributed by atoms with Crippen LogP contribution >= 0.6 is 0 Å². The first-order valence-corrected chi connectivity index (χ1v) is 5.32. The van der Waals surface area contributed by atoms with E-state index in [0.29, 0.717) is 0 Å². The highest BCUT2D eigenvalue weighted by atomic mass is 15.2. The summed E-state index contributed by atoms with van der Waals surface area (Å²) in [5, 5.41) is 9.06. The van der Waals surface area contributed by atoms with Crippen molar-refractivity contribution in [2.45, 2.75) is 25.9 Å². The lowest BCUT2D eigenvalue weighted by Crippen LogP contribution is -2.39. The zero-order chi connectivity index (χ0) is 10.8. The van der Waals surface area contributed by atoms with Crippen LogP contribution in [-0.4, -0.2) is 12.7 Å². The van der Waals surface area contributed by atoms with Crippen molar-refractivity contribution in [3.8, 4) is 6.07 Å². The first-order valence-electron chi connectivity index (χ1n) is 5.32. The van der Waals surface area contributed by atoms with Crippen LogP contribution < -0.4 is 10.6 Å². The fraction of sp³-hybridized carbons (Fsp3) is 0.417. The molecule has 78 valence electrons. The molecule has 3 heteroatoms. The molecule has 1 unspecified atom stereocenters. The second-order valence-corrected chi connectivity index (χ2v) is 3.89. The zero-order valence-electron chi connectivity index (χ0n) is 8.90. The molecule has 2 rings (SSSR count). The van der Waals surface area contributed by atoms with Gasteiger partial charge in [0.25, 0.3) is 0 Å². The van der Waals surface area contributed by atoms with Crippen LogP contribution in [0.2, 0.25) is 0 Å². The molecule has 0 saturated carbocycles. The summed E-state index contributed by atoms with van der Waals surface area (Å²) in [6.07, 6.45) is 1.94. The van der Waals surface area contributed by atoms with E-state index in [9.17, 15) is 0 Å². The Balaban J connectivity index is 2.46. The predicted molar refractivity (Wildman–Crippen MR) is 60.5 cm³/mol. The van der Waals surface area contributed by atoms with Crippen molar-refractivity contribution in [1.29, 1.82) is 5.26 Å². The van der Waals surface area contributed by atoms with E-state index in [-0.39, 0.29) is 6.17 Å². The average molecular weight is 201 g/mol. The summed E-state index contributed by atoms with van der Waals surface area (Å²) in [6, 6.07) is 8.09. The van der Waals surface area contributed by atoms with Gasteiger partial charge in [-0.05, 0) is 18.1 Å². The van der Waals surface area contributed by atoms with Gasteiger partial charge in [-0.1, -0.05) is 19.1 Å². The summed E-state index contributed by atoms with van der Waals surface area (Å²) in [6.45, 7) is 3.05. The first-order chi connectivity index (χ1) is 7.27. The number of hydrogen-bond acceptors (Lipinski definition) is 3. The zero-order valence-corrected chi connectivity index (χ0v) is 8.90. The number of nitrogens with zero attached hydrogens (tertiary/aromatic N) is 2. The third kappa shape index (κ3) is 1.57. The highest BCUT2D eigenvalue weighted by Gasteiger charge is 2.27. The van der Waals surface area contributed by atoms with E-state index in [1.165, 1.54) is 5.56 Å². The van der Waals surface area contributed by atoms with Crippen molar-refractivity contribution in [2.75, 3.05) is 11.4 Å². The number of para-hydroxylation sites is 1. The molecule has 0 saturated heterocycles. The molecule has 0 aliphatic carbocycles. The van der Waals surface area contributed by atoms with Gasteiger partial charge in [0.1, 0.15) is 6.07 Å². The highest BCUT2D eigenvalue weighted by Crippen LogP contribution is 2.33. The lowest BCUT2D eigenvalue weighted by atomic mass is 10.1. The number of hydrogen-bond donors (Lipinski definition) is 1. The minimum Gasteiger partial charge on any atom is -0.355 e. The summed E-state index contributed by atoms with van der Waals surface area (Å²) >= 11 is 0. The second-order valence-electron chi connectivity index (χ2n) is 3.89. The average Bonchev–Trinajstić information content (AvgIpc) is 2.56. The molecule has 0 bridgehead atoms. The van der Waals surface area contributed by atoms with Crippen molar-refractivity contribution in [3.05, 3.63) is 29.3 Å². The van der Waals surface area contributed by atoms with Crippen molar-refractivity contribution in [3.63, 3.8) is 0 Å². The van der Waals surface area contributed by atoms with E-state index in [2.05, 4.69) is 24.0 Å². The molecule has 1 aliphatic rings. The number of benzene rings is 1. The maximum Gasteiger partial charge on any atom is 0.101 e. The first kappa shape index (κ1) is 10.0. The second kappa shape index (κ2) is 3.92. The van der Waals surface area contributed by atoms with Crippen LogP contribution in [0.4, 0.5) is 5.69 Å². The normalized spacial score (nSPS) is 18.7. The Morgan fingerprint density at radius 2 is 2.40 bits per heavy atom. The fourth-order valence-electron chi connectivity index (χ4n) is 2.21. The van der Waals surface area contributed by atoms with Gasteiger partial charge in [0.2, 0.25) is 0 Å². The van der Waals surface area contributed by atoms with E-state index >= 15 is 0 Å². The number of rotatable bonds is 2. The smallest absolute Gasteiger partial charge is 0.101 e. The molecule has 0 fully saturated rings. The number of nitrogens with two attached hydrogens (primary N) is 1. The van der Waals surface area contributed by atoms with Crippen LogP contribution in [0, 0.1) is 11.3 Å². The lowest BCUT2D eigenvalue weighted by molar-refractivity contribution is 0.638. The summed E-state index contributed by atoms with van der Waals surface area (Å²) in [7, 11) is 0. The van der Waals surface area contributed by atoms with Gasteiger partial charge in [0, 0.05) is 13.0 Å². The van der Waals surface area contributed by atoms with Gasteiger partial charge in [-0.15, -0.1) is 0 Å². The molecule has 1 aliphatic heterocycles. The van der Waals surface area contributed by atoms with Crippen LogP contribution in [0.5, 0.6) is 0 Å². The molecule has 1 aromatic rings. The summed E-state index contributed by atoms with van der Waals surface area (Å²) < 4.78 is 0. The third-order valence-electron chi connectivity index (χ3n) is 2.82. The standard InChI is InChI=1S/C12H15N3/c1-2-6-15-11(14)7-9-4-3-5-10(8-13)12(9)15/h3-5,11H,2,6-7,14H2,1H3. The third-order valence-corrected chi connectivity index (χ3v) is 2.82. The molecule has 0 amide bonds. The molecule has 0 spiro atoms. The Kier molecular flexibility index (Phi) is 2.61. The van der Waals surface area contributed by atoms with Crippen molar-refractivity contribution < 1.29 is 0 Å². The summed E-state index contributed by atoms with van der Waals surface area (Å²) in [5.74, 6) is 0. The maximum atomic E-state index is 9.06. The Morgan fingerprint density at radius 3 is 3.07 bits per heavy atom. The molecular weight excluding hydrogens is 186 g/mol. The Hall–Kier alpha value is -1.53. The topological polar surface area (TPSA) is 53.0 Å². The predicted octanol–water partition coefficient (Wildman–Crippen LogP) is 1.62. The monoisotopic (exact) mass is 201 g/mol. The minimum absolute atomic E-state index is 0.0365. The van der Waals surface area contributed by atoms with E-state index < -0.39 is 0 Å². The van der Waals surface area contributed by atoms with Crippen LogP contribution in [-0.2, 0) is 6.42 Å². The van der Waals surface area contributed by atoms with E-state index in [0.717, 1.165) is 30.6 Å². The quantitative estimate of drug-likeness (QED) is 0.791. The van der Waals surface area contributed by atoms with Crippen molar-refractivity contribution >= 4 is 5.69 Å². The van der Waals surface area contributed by atoms with Gasteiger partial charge in [0.15, 0.2) is 0 Å². The van der Waals surface area contributed by atoms with Crippen molar-refractivity contribution in [2.24, 2.45) is 5.73 Å². The minimum atomic E-state index is 0.0365. The summed E-state index contributed by atoms with van der Waals surface area (Å²) in [5.41, 5.74) is 9.05. The molecule has 1 atom stereocenters. The van der Waals surface area contributed by atoms with Gasteiger partial charge in [-0.3, -0.25) is 0 Å². The Labute approximate surface area is 90.1 Å². The molecule has 3 nitrogen and oxygen atoms in total. The number of anilines is 1. The van der Waals surface area contributed by atoms with Gasteiger partial charge < -0.3 is 10.6 Å².